The summed E-state index contributed by atoms with van der Waals surface area (Å²) in [6.07, 6.45) is 0. The predicted molar refractivity (Wildman–Crippen MR) is 68.4 cm³/mol. The van der Waals surface area contributed by atoms with Crippen molar-refractivity contribution in [2.75, 3.05) is 34.0 Å². The second-order valence-electron chi connectivity index (χ2n) is 3.66. The fourth-order valence-electron chi connectivity index (χ4n) is 1.97. The lowest BCUT2D eigenvalue weighted by molar-refractivity contribution is 0.0752. The van der Waals surface area contributed by atoms with Crippen LogP contribution in [-0.4, -0.2) is 34.0 Å². The van der Waals surface area contributed by atoms with Crippen molar-refractivity contribution >= 4 is 12.4 Å². The molecule has 2 rings (SSSR count). The van der Waals surface area contributed by atoms with Crippen LogP contribution in [0.3, 0.4) is 0 Å². The predicted octanol–water partition coefficient (Wildman–Crippen LogP) is 1.79. The SMILES string of the molecule is COc1cccc(OC)c1C1COCCN1.Cl. The van der Waals surface area contributed by atoms with Crippen LogP contribution < -0.4 is 14.8 Å². The van der Waals surface area contributed by atoms with Crippen molar-refractivity contribution in [3.8, 4) is 11.5 Å². The van der Waals surface area contributed by atoms with Crippen molar-refractivity contribution < 1.29 is 14.2 Å². The lowest BCUT2D eigenvalue weighted by Crippen LogP contribution is -2.35. The summed E-state index contributed by atoms with van der Waals surface area (Å²) < 4.78 is 16.2. The molecule has 1 atom stereocenters. The number of methoxy groups -OCH3 is 2. The van der Waals surface area contributed by atoms with Gasteiger partial charge >= 0.3 is 0 Å². The topological polar surface area (TPSA) is 39.7 Å². The highest BCUT2D eigenvalue weighted by molar-refractivity contribution is 5.85. The second kappa shape index (κ2) is 6.69. The number of halogens is 1. The van der Waals surface area contributed by atoms with E-state index in [9.17, 15) is 0 Å². The van der Waals surface area contributed by atoms with E-state index in [2.05, 4.69) is 5.32 Å². The Morgan fingerprint density at radius 2 is 1.88 bits per heavy atom. The fourth-order valence-corrected chi connectivity index (χ4v) is 1.97. The third kappa shape index (κ3) is 3.03. The van der Waals surface area contributed by atoms with E-state index in [0.717, 1.165) is 30.2 Å². The highest BCUT2D eigenvalue weighted by Crippen LogP contribution is 2.34. The minimum atomic E-state index is 0. The molecule has 0 bridgehead atoms. The summed E-state index contributed by atoms with van der Waals surface area (Å²) in [4.78, 5) is 0. The van der Waals surface area contributed by atoms with Gasteiger partial charge in [0, 0.05) is 6.54 Å². The van der Waals surface area contributed by atoms with Gasteiger partial charge in [-0.2, -0.15) is 0 Å². The summed E-state index contributed by atoms with van der Waals surface area (Å²) in [6, 6.07) is 5.94. The van der Waals surface area contributed by atoms with E-state index < -0.39 is 0 Å². The molecule has 17 heavy (non-hydrogen) atoms. The van der Waals surface area contributed by atoms with Crippen LogP contribution in [0.25, 0.3) is 0 Å². The van der Waals surface area contributed by atoms with Gasteiger partial charge in [0.1, 0.15) is 11.5 Å². The number of hydrogen-bond acceptors (Lipinski definition) is 4. The highest BCUT2D eigenvalue weighted by atomic mass is 35.5. The minimum absolute atomic E-state index is 0. The average molecular weight is 260 g/mol. The van der Waals surface area contributed by atoms with Crippen LogP contribution in [0.4, 0.5) is 0 Å². The number of benzene rings is 1. The Hall–Kier alpha value is -0.970. The van der Waals surface area contributed by atoms with Gasteiger partial charge in [0.15, 0.2) is 0 Å². The van der Waals surface area contributed by atoms with E-state index in [1.54, 1.807) is 14.2 Å². The maximum absolute atomic E-state index is 5.46. The number of nitrogens with one attached hydrogen (secondary N) is 1. The van der Waals surface area contributed by atoms with Crippen molar-refractivity contribution in [2.24, 2.45) is 0 Å². The Morgan fingerprint density at radius 3 is 2.35 bits per heavy atom. The van der Waals surface area contributed by atoms with Crippen LogP contribution >= 0.6 is 12.4 Å². The van der Waals surface area contributed by atoms with Crippen LogP contribution in [-0.2, 0) is 4.74 Å². The molecule has 1 heterocycles. The first-order chi connectivity index (χ1) is 7.86. The number of hydrogen-bond donors (Lipinski definition) is 1. The molecule has 0 spiro atoms. The summed E-state index contributed by atoms with van der Waals surface area (Å²) in [5.41, 5.74) is 1.03. The van der Waals surface area contributed by atoms with Crippen molar-refractivity contribution in [2.45, 2.75) is 6.04 Å². The summed E-state index contributed by atoms with van der Waals surface area (Å²) in [5, 5.41) is 3.40. The number of morpholine rings is 1. The molecule has 1 aromatic rings. The van der Waals surface area contributed by atoms with E-state index in [1.165, 1.54) is 0 Å². The first-order valence-electron chi connectivity index (χ1n) is 5.39. The third-order valence-corrected chi connectivity index (χ3v) is 2.74. The quantitative estimate of drug-likeness (QED) is 0.898. The zero-order valence-electron chi connectivity index (χ0n) is 10.1. The van der Waals surface area contributed by atoms with Gasteiger partial charge in [-0.15, -0.1) is 12.4 Å². The summed E-state index contributed by atoms with van der Waals surface area (Å²) in [6.45, 7) is 2.26. The maximum atomic E-state index is 5.46. The molecule has 96 valence electrons. The molecule has 1 saturated heterocycles. The Labute approximate surface area is 108 Å². The van der Waals surface area contributed by atoms with Crippen LogP contribution in [0, 0.1) is 0 Å². The van der Waals surface area contributed by atoms with Crippen LogP contribution in [0.1, 0.15) is 11.6 Å². The number of ether oxygens (including phenoxy) is 3. The molecule has 1 aromatic carbocycles. The van der Waals surface area contributed by atoms with Crippen LogP contribution in [0.2, 0.25) is 0 Å². The average Bonchev–Trinajstić information content (AvgIpc) is 2.38. The molecular weight excluding hydrogens is 242 g/mol. The molecule has 0 saturated carbocycles. The Kier molecular flexibility index (Phi) is 5.55. The van der Waals surface area contributed by atoms with Gasteiger partial charge in [-0.25, -0.2) is 0 Å². The standard InChI is InChI=1S/C12H17NO3.ClH/c1-14-10-4-3-5-11(15-2)12(10)9-8-16-7-6-13-9;/h3-5,9,13H,6-8H2,1-2H3;1H. The molecule has 4 nitrogen and oxygen atoms in total. The Balaban J connectivity index is 0.00000144. The molecule has 0 amide bonds. The normalized spacial score (nSPS) is 19.3. The Morgan fingerprint density at radius 1 is 1.24 bits per heavy atom. The van der Waals surface area contributed by atoms with Gasteiger partial charge in [0.25, 0.3) is 0 Å². The van der Waals surface area contributed by atoms with E-state index in [1.807, 2.05) is 18.2 Å². The van der Waals surface area contributed by atoms with Crippen molar-refractivity contribution in [1.29, 1.82) is 0 Å². The van der Waals surface area contributed by atoms with E-state index >= 15 is 0 Å². The first kappa shape index (κ1) is 14.1. The van der Waals surface area contributed by atoms with Gasteiger partial charge < -0.3 is 19.5 Å². The molecule has 0 radical (unpaired) electrons. The molecular formula is C12H18ClNO3. The maximum Gasteiger partial charge on any atom is 0.127 e. The van der Waals surface area contributed by atoms with Gasteiger partial charge in [-0.05, 0) is 12.1 Å². The van der Waals surface area contributed by atoms with Gasteiger partial charge in [-0.1, -0.05) is 6.07 Å². The van der Waals surface area contributed by atoms with Crippen molar-refractivity contribution in [3.05, 3.63) is 23.8 Å². The zero-order chi connectivity index (χ0) is 11.4. The summed E-state index contributed by atoms with van der Waals surface area (Å²) >= 11 is 0. The van der Waals surface area contributed by atoms with E-state index in [4.69, 9.17) is 14.2 Å². The zero-order valence-corrected chi connectivity index (χ0v) is 10.9. The van der Waals surface area contributed by atoms with Gasteiger partial charge in [0.2, 0.25) is 0 Å². The molecule has 5 heteroatoms. The molecule has 1 aliphatic heterocycles. The Bertz CT molecular complexity index is 331. The molecule has 1 unspecified atom stereocenters. The van der Waals surface area contributed by atoms with Crippen LogP contribution in [0.15, 0.2) is 18.2 Å². The van der Waals surface area contributed by atoms with E-state index in [0.29, 0.717) is 6.61 Å². The summed E-state index contributed by atoms with van der Waals surface area (Å²) in [5.74, 6) is 1.67. The minimum Gasteiger partial charge on any atom is -0.496 e. The largest absolute Gasteiger partial charge is 0.496 e. The van der Waals surface area contributed by atoms with Crippen molar-refractivity contribution in [1.82, 2.24) is 5.32 Å². The summed E-state index contributed by atoms with van der Waals surface area (Å²) in [7, 11) is 3.34. The first-order valence-corrected chi connectivity index (χ1v) is 5.39. The smallest absolute Gasteiger partial charge is 0.127 e. The van der Waals surface area contributed by atoms with Crippen molar-refractivity contribution in [3.63, 3.8) is 0 Å². The molecule has 0 aliphatic carbocycles. The lowest BCUT2D eigenvalue weighted by atomic mass is 10.0. The van der Waals surface area contributed by atoms with E-state index in [-0.39, 0.29) is 18.4 Å². The third-order valence-electron chi connectivity index (χ3n) is 2.74. The molecule has 1 N–H and O–H groups in total. The second-order valence-corrected chi connectivity index (χ2v) is 3.66. The molecule has 0 aromatic heterocycles. The highest BCUT2D eigenvalue weighted by Gasteiger charge is 2.22. The lowest BCUT2D eigenvalue weighted by Gasteiger charge is -2.26. The fraction of sp³-hybridized carbons (Fsp3) is 0.500. The number of rotatable bonds is 3. The molecule has 1 fully saturated rings. The molecule has 1 aliphatic rings. The van der Waals surface area contributed by atoms with Gasteiger partial charge in [-0.3, -0.25) is 0 Å². The van der Waals surface area contributed by atoms with Gasteiger partial charge in [0.05, 0.1) is 39.0 Å². The monoisotopic (exact) mass is 259 g/mol. The van der Waals surface area contributed by atoms with Crippen LogP contribution in [0.5, 0.6) is 11.5 Å².